The minimum atomic E-state index is -4.23. The molecule has 0 atom stereocenters. The number of hydrogen-bond donors (Lipinski definition) is 1. The molecule has 0 aliphatic rings. The van der Waals surface area contributed by atoms with E-state index in [4.69, 9.17) is 0 Å². The van der Waals surface area contributed by atoms with E-state index in [0.29, 0.717) is 13.0 Å². The van der Waals surface area contributed by atoms with Crippen molar-refractivity contribution in [2.45, 2.75) is 39.0 Å². The molecule has 0 radical (unpaired) electrons. The predicted octanol–water partition coefficient (Wildman–Crippen LogP) is 2.96. The summed E-state index contributed by atoms with van der Waals surface area (Å²) in [5, 5.41) is 3.30. The van der Waals surface area contributed by atoms with Gasteiger partial charge in [-0.15, -0.1) is 0 Å². The van der Waals surface area contributed by atoms with Gasteiger partial charge in [0.05, 0.1) is 0 Å². The molecule has 0 bridgehead atoms. The Morgan fingerprint density at radius 1 is 1.37 bits per heavy atom. The molecule has 0 aliphatic heterocycles. The Morgan fingerprint density at radius 3 is 2.84 bits per heavy atom. The summed E-state index contributed by atoms with van der Waals surface area (Å²) in [4.78, 5) is 0. The molecule has 0 aromatic carbocycles. The Hall–Kier alpha value is -1.01. The van der Waals surface area contributed by atoms with Gasteiger partial charge in [-0.1, -0.05) is 6.92 Å². The number of alkyl halides is 3. The second kappa shape index (κ2) is 8.22. The predicted molar refractivity (Wildman–Crippen MR) is 67.9 cm³/mol. The van der Waals surface area contributed by atoms with Crippen LogP contribution in [0.15, 0.2) is 18.3 Å². The topological polar surface area (TPSA) is 26.2 Å². The molecule has 19 heavy (non-hydrogen) atoms. The van der Waals surface area contributed by atoms with E-state index >= 15 is 0 Å². The van der Waals surface area contributed by atoms with E-state index in [-0.39, 0.29) is 6.61 Å². The second-order valence-corrected chi connectivity index (χ2v) is 4.39. The maximum Gasteiger partial charge on any atom is 0.411 e. The Balaban J connectivity index is 2.20. The van der Waals surface area contributed by atoms with E-state index in [1.54, 1.807) is 0 Å². The van der Waals surface area contributed by atoms with Gasteiger partial charge in [-0.2, -0.15) is 13.2 Å². The van der Waals surface area contributed by atoms with Crippen molar-refractivity contribution >= 4 is 0 Å². The van der Waals surface area contributed by atoms with Crippen LogP contribution in [-0.2, 0) is 17.8 Å². The van der Waals surface area contributed by atoms with Crippen LogP contribution in [-0.4, -0.2) is 30.5 Å². The monoisotopic (exact) mass is 278 g/mol. The van der Waals surface area contributed by atoms with Gasteiger partial charge in [-0.3, -0.25) is 0 Å². The van der Waals surface area contributed by atoms with Crippen LogP contribution in [0.25, 0.3) is 0 Å². The fraction of sp³-hybridized carbons (Fsp3) is 0.692. The summed E-state index contributed by atoms with van der Waals surface area (Å²) in [5.74, 6) is 0. The smallest absolute Gasteiger partial charge is 0.372 e. The third-order valence-electron chi connectivity index (χ3n) is 2.61. The van der Waals surface area contributed by atoms with E-state index in [2.05, 4.69) is 17.0 Å². The minimum Gasteiger partial charge on any atom is -0.372 e. The van der Waals surface area contributed by atoms with Crippen LogP contribution in [0.4, 0.5) is 13.2 Å². The third kappa shape index (κ3) is 7.22. The molecular formula is C13H21F3N2O. The molecule has 6 heteroatoms. The maximum atomic E-state index is 11.9. The first-order chi connectivity index (χ1) is 9.03. The van der Waals surface area contributed by atoms with Gasteiger partial charge in [0.2, 0.25) is 0 Å². The molecule has 1 aromatic heterocycles. The van der Waals surface area contributed by atoms with Crippen LogP contribution >= 0.6 is 0 Å². The fourth-order valence-electron chi connectivity index (χ4n) is 1.75. The average molecular weight is 278 g/mol. The summed E-state index contributed by atoms with van der Waals surface area (Å²) in [6, 6.07) is 3.96. The number of nitrogens with one attached hydrogen (secondary N) is 1. The first-order valence-corrected chi connectivity index (χ1v) is 6.52. The van der Waals surface area contributed by atoms with Gasteiger partial charge in [0, 0.05) is 31.6 Å². The molecule has 3 nitrogen and oxygen atoms in total. The van der Waals surface area contributed by atoms with Crippen LogP contribution in [0.5, 0.6) is 0 Å². The summed E-state index contributed by atoms with van der Waals surface area (Å²) in [5.41, 5.74) is 1.14. The van der Waals surface area contributed by atoms with Gasteiger partial charge >= 0.3 is 6.18 Å². The number of nitrogens with zero attached hydrogens (tertiary/aromatic N) is 1. The Labute approximate surface area is 111 Å². The van der Waals surface area contributed by atoms with Crippen molar-refractivity contribution in [3.8, 4) is 0 Å². The Bertz CT molecular complexity index is 350. The molecule has 1 rings (SSSR count). The standard InChI is InChI=1S/C13H21F3N2O/c1-2-6-17-10-12-5-3-7-18(12)8-4-9-19-11-13(14,15)16/h3,5,7,17H,2,4,6,8-11H2,1H3. The molecule has 1 N–H and O–H groups in total. The molecule has 0 aliphatic carbocycles. The van der Waals surface area contributed by atoms with Crippen LogP contribution in [0.1, 0.15) is 25.5 Å². The summed E-state index contributed by atoms with van der Waals surface area (Å²) in [6.07, 6.45) is -0.646. The molecule has 0 unspecified atom stereocenters. The normalized spacial score (nSPS) is 12.0. The van der Waals surface area contributed by atoms with E-state index < -0.39 is 12.8 Å². The highest BCUT2D eigenvalue weighted by molar-refractivity contribution is 5.06. The lowest BCUT2D eigenvalue weighted by atomic mass is 10.3. The van der Waals surface area contributed by atoms with Crippen molar-refractivity contribution in [2.75, 3.05) is 19.8 Å². The summed E-state index contributed by atoms with van der Waals surface area (Å²) in [6.45, 7) is 3.48. The lowest BCUT2D eigenvalue weighted by Gasteiger charge is -2.11. The molecule has 1 heterocycles. The van der Waals surface area contributed by atoms with Crippen molar-refractivity contribution in [1.82, 2.24) is 9.88 Å². The van der Waals surface area contributed by atoms with Crippen LogP contribution in [0, 0.1) is 0 Å². The average Bonchev–Trinajstić information content (AvgIpc) is 2.75. The number of hydrogen-bond acceptors (Lipinski definition) is 2. The molecule has 1 aromatic rings. The maximum absolute atomic E-state index is 11.9. The Morgan fingerprint density at radius 2 is 2.16 bits per heavy atom. The highest BCUT2D eigenvalue weighted by atomic mass is 19.4. The van der Waals surface area contributed by atoms with Crippen LogP contribution in [0.3, 0.4) is 0 Å². The van der Waals surface area contributed by atoms with Gasteiger partial charge in [0.15, 0.2) is 0 Å². The van der Waals surface area contributed by atoms with Crippen LogP contribution in [0.2, 0.25) is 0 Å². The van der Waals surface area contributed by atoms with Gasteiger partial charge in [0.1, 0.15) is 6.61 Å². The lowest BCUT2D eigenvalue weighted by Crippen LogP contribution is -2.19. The highest BCUT2D eigenvalue weighted by Crippen LogP contribution is 2.14. The van der Waals surface area contributed by atoms with Gasteiger partial charge in [-0.25, -0.2) is 0 Å². The van der Waals surface area contributed by atoms with Gasteiger partial charge in [-0.05, 0) is 31.5 Å². The Kier molecular flexibility index (Phi) is 6.94. The van der Waals surface area contributed by atoms with Crippen molar-refractivity contribution in [3.63, 3.8) is 0 Å². The van der Waals surface area contributed by atoms with E-state index in [0.717, 1.165) is 25.2 Å². The zero-order chi connectivity index (χ0) is 14.1. The molecule has 0 saturated heterocycles. The van der Waals surface area contributed by atoms with E-state index in [1.165, 1.54) is 0 Å². The SMILES string of the molecule is CCCNCc1cccn1CCCOCC(F)(F)F. The molecular weight excluding hydrogens is 257 g/mol. The summed E-state index contributed by atoms with van der Waals surface area (Å²) in [7, 11) is 0. The molecule has 110 valence electrons. The van der Waals surface area contributed by atoms with Crippen molar-refractivity contribution < 1.29 is 17.9 Å². The van der Waals surface area contributed by atoms with E-state index in [1.807, 2.05) is 22.9 Å². The summed E-state index contributed by atoms with van der Waals surface area (Å²) < 4.78 is 42.2. The largest absolute Gasteiger partial charge is 0.411 e. The number of rotatable bonds is 9. The third-order valence-corrected chi connectivity index (χ3v) is 2.61. The summed E-state index contributed by atoms with van der Waals surface area (Å²) >= 11 is 0. The number of aromatic nitrogens is 1. The minimum absolute atomic E-state index is 0.125. The van der Waals surface area contributed by atoms with Crippen molar-refractivity contribution in [1.29, 1.82) is 0 Å². The second-order valence-electron chi connectivity index (χ2n) is 4.39. The quantitative estimate of drug-likeness (QED) is 0.703. The highest BCUT2D eigenvalue weighted by Gasteiger charge is 2.27. The van der Waals surface area contributed by atoms with Crippen molar-refractivity contribution in [2.24, 2.45) is 0 Å². The van der Waals surface area contributed by atoms with E-state index in [9.17, 15) is 13.2 Å². The first-order valence-electron chi connectivity index (χ1n) is 6.52. The molecule has 0 saturated carbocycles. The van der Waals surface area contributed by atoms with Crippen LogP contribution < -0.4 is 5.32 Å². The fourth-order valence-corrected chi connectivity index (χ4v) is 1.75. The number of ether oxygens (including phenoxy) is 1. The van der Waals surface area contributed by atoms with Gasteiger partial charge in [0.25, 0.3) is 0 Å². The number of aryl methyl sites for hydroxylation is 1. The zero-order valence-corrected chi connectivity index (χ0v) is 11.2. The first kappa shape index (κ1) is 16.0. The van der Waals surface area contributed by atoms with Crippen molar-refractivity contribution in [3.05, 3.63) is 24.0 Å². The lowest BCUT2D eigenvalue weighted by molar-refractivity contribution is -0.174. The molecule has 0 amide bonds. The molecule has 0 spiro atoms. The zero-order valence-electron chi connectivity index (χ0n) is 11.2. The van der Waals surface area contributed by atoms with Gasteiger partial charge < -0.3 is 14.6 Å². The number of halogens is 3. The molecule has 0 fully saturated rings.